The zero-order valence-electron chi connectivity index (χ0n) is 11.6. The van der Waals surface area contributed by atoms with Crippen molar-refractivity contribution in [3.8, 4) is 0 Å². The third-order valence-corrected chi connectivity index (χ3v) is 4.98. The normalized spacial score (nSPS) is 28.0. The average Bonchev–Trinajstić information content (AvgIpc) is 2.78. The molecule has 2 fully saturated rings. The van der Waals surface area contributed by atoms with E-state index in [4.69, 9.17) is 11.6 Å². The zero-order chi connectivity index (χ0) is 14.4. The number of hydrogen-bond donors (Lipinski definition) is 0. The zero-order valence-corrected chi connectivity index (χ0v) is 12.3. The fourth-order valence-corrected chi connectivity index (χ4v) is 4.10. The van der Waals surface area contributed by atoms with Crippen molar-refractivity contribution in [2.24, 2.45) is 0 Å². The number of carbonyl (C=O) groups is 1. The Morgan fingerprint density at radius 2 is 1.76 bits per heavy atom. The van der Waals surface area contributed by atoms with Gasteiger partial charge in [0.15, 0.2) is 0 Å². The molecule has 4 rings (SSSR count). The number of halogens is 1. The van der Waals surface area contributed by atoms with Crippen molar-refractivity contribution in [3.63, 3.8) is 0 Å². The lowest BCUT2D eigenvalue weighted by molar-refractivity contribution is 0.0599. The van der Waals surface area contributed by atoms with E-state index in [9.17, 15) is 4.79 Å². The number of nitrogens with zero attached hydrogens (tertiary/aromatic N) is 3. The van der Waals surface area contributed by atoms with Gasteiger partial charge in [-0.05, 0) is 43.9 Å². The van der Waals surface area contributed by atoms with E-state index in [1.54, 1.807) is 12.4 Å². The SMILES string of the molecule is O=C(c1ccc2nccnc2c1)N1C2CCC1CC(Cl)C2. The Morgan fingerprint density at radius 1 is 1.10 bits per heavy atom. The Labute approximate surface area is 128 Å². The van der Waals surface area contributed by atoms with Gasteiger partial charge in [-0.15, -0.1) is 11.6 Å². The second-order valence-corrected chi connectivity index (χ2v) is 6.54. The third kappa shape index (κ3) is 2.18. The summed E-state index contributed by atoms with van der Waals surface area (Å²) in [4.78, 5) is 23.4. The number of amides is 1. The lowest BCUT2D eigenvalue weighted by Crippen LogP contribution is -2.46. The van der Waals surface area contributed by atoms with Gasteiger partial charge in [-0.1, -0.05) is 0 Å². The van der Waals surface area contributed by atoms with Crippen molar-refractivity contribution in [1.82, 2.24) is 14.9 Å². The van der Waals surface area contributed by atoms with Crippen LogP contribution in [0.1, 0.15) is 36.0 Å². The summed E-state index contributed by atoms with van der Waals surface area (Å²) in [5, 5.41) is 0.217. The number of piperidine rings is 1. The van der Waals surface area contributed by atoms with Crippen LogP contribution in [-0.4, -0.2) is 38.2 Å². The molecule has 2 bridgehead atoms. The first kappa shape index (κ1) is 13.0. The molecule has 3 heterocycles. The van der Waals surface area contributed by atoms with Gasteiger partial charge in [0, 0.05) is 35.4 Å². The molecule has 0 saturated carbocycles. The first-order chi connectivity index (χ1) is 10.2. The van der Waals surface area contributed by atoms with Gasteiger partial charge in [0.1, 0.15) is 0 Å². The second kappa shape index (κ2) is 4.95. The van der Waals surface area contributed by atoms with E-state index in [0.29, 0.717) is 17.6 Å². The van der Waals surface area contributed by atoms with Crippen molar-refractivity contribution in [2.45, 2.75) is 43.1 Å². The molecule has 4 nitrogen and oxygen atoms in total. The maximum Gasteiger partial charge on any atom is 0.254 e. The van der Waals surface area contributed by atoms with Crippen LogP contribution in [0.15, 0.2) is 30.6 Å². The van der Waals surface area contributed by atoms with Crippen molar-refractivity contribution in [1.29, 1.82) is 0 Å². The lowest BCUT2D eigenvalue weighted by Gasteiger charge is -2.37. The van der Waals surface area contributed by atoms with Crippen molar-refractivity contribution in [2.75, 3.05) is 0 Å². The Morgan fingerprint density at radius 3 is 2.48 bits per heavy atom. The minimum absolute atomic E-state index is 0.110. The second-order valence-electron chi connectivity index (χ2n) is 5.93. The molecule has 1 aromatic heterocycles. The van der Waals surface area contributed by atoms with E-state index in [0.717, 1.165) is 36.7 Å². The van der Waals surface area contributed by atoms with Crippen LogP contribution in [0.25, 0.3) is 11.0 Å². The van der Waals surface area contributed by atoms with Crippen molar-refractivity contribution >= 4 is 28.5 Å². The van der Waals surface area contributed by atoms with Gasteiger partial charge in [-0.2, -0.15) is 0 Å². The van der Waals surface area contributed by atoms with Crippen LogP contribution in [0, 0.1) is 0 Å². The van der Waals surface area contributed by atoms with Crippen LogP contribution >= 0.6 is 11.6 Å². The summed E-state index contributed by atoms with van der Waals surface area (Å²) in [5.41, 5.74) is 2.28. The predicted molar refractivity (Wildman–Crippen MR) is 81.4 cm³/mol. The van der Waals surface area contributed by atoms with Gasteiger partial charge in [-0.25, -0.2) is 0 Å². The third-order valence-electron chi connectivity index (χ3n) is 4.63. The van der Waals surface area contributed by atoms with Crippen LogP contribution in [0.4, 0.5) is 0 Å². The summed E-state index contributed by atoms with van der Waals surface area (Å²) in [6.45, 7) is 0. The number of hydrogen-bond acceptors (Lipinski definition) is 3. The summed E-state index contributed by atoms with van der Waals surface area (Å²) in [7, 11) is 0. The number of aromatic nitrogens is 2. The number of benzene rings is 1. The fraction of sp³-hybridized carbons (Fsp3) is 0.438. The summed E-state index contributed by atoms with van der Waals surface area (Å²) >= 11 is 6.28. The van der Waals surface area contributed by atoms with E-state index in [1.165, 1.54) is 0 Å². The summed E-state index contributed by atoms with van der Waals surface area (Å²) < 4.78 is 0. The molecule has 2 saturated heterocycles. The molecule has 108 valence electrons. The molecule has 0 spiro atoms. The molecular weight excluding hydrogens is 286 g/mol. The van der Waals surface area contributed by atoms with E-state index in [-0.39, 0.29) is 11.3 Å². The quantitative estimate of drug-likeness (QED) is 0.761. The highest BCUT2D eigenvalue weighted by Gasteiger charge is 2.42. The van der Waals surface area contributed by atoms with Gasteiger partial charge in [0.2, 0.25) is 0 Å². The summed E-state index contributed by atoms with van der Waals surface area (Å²) in [5.74, 6) is 0.110. The average molecular weight is 302 g/mol. The number of carbonyl (C=O) groups excluding carboxylic acids is 1. The summed E-state index contributed by atoms with van der Waals surface area (Å²) in [6, 6.07) is 6.17. The molecular formula is C16H16ClN3O. The highest BCUT2D eigenvalue weighted by molar-refractivity contribution is 6.20. The molecule has 2 aromatic rings. The van der Waals surface area contributed by atoms with E-state index >= 15 is 0 Å². The number of fused-ring (bicyclic) bond motifs is 3. The van der Waals surface area contributed by atoms with Crippen LogP contribution in [0.2, 0.25) is 0 Å². The van der Waals surface area contributed by atoms with Gasteiger partial charge in [0.25, 0.3) is 5.91 Å². The maximum absolute atomic E-state index is 12.8. The molecule has 0 radical (unpaired) electrons. The van der Waals surface area contributed by atoms with E-state index in [1.807, 2.05) is 18.2 Å². The highest BCUT2D eigenvalue weighted by atomic mass is 35.5. The molecule has 0 N–H and O–H groups in total. The minimum Gasteiger partial charge on any atom is -0.333 e. The van der Waals surface area contributed by atoms with Gasteiger partial charge < -0.3 is 4.90 Å². The molecule has 2 atom stereocenters. The number of rotatable bonds is 1. The molecule has 2 aliphatic heterocycles. The van der Waals surface area contributed by atoms with Crippen molar-refractivity contribution < 1.29 is 4.79 Å². The fourth-order valence-electron chi connectivity index (χ4n) is 3.69. The van der Waals surface area contributed by atoms with Crippen LogP contribution in [0.3, 0.4) is 0 Å². The molecule has 1 aromatic carbocycles. The van der Waals surface area contributed by atoms with Gasteiger partial charge in [-0.3, -0.25) is 14.8 Å². The van der Waals surface area contributed by atoms with Crippen LogP contribution in [0.5, 0.6) is 0 Å². The lowest BCUT2D eigenvalue weighted by atomic mass is 10.0. The molecule has 2 aliphatic rings. The van der Waals surface area contributed by atoms with Crippen molar-refractivity contribution in [3.05, 3.63) is 36.2 Å². The van der Waals surface area contributed by atoms with Gasteiger partial charge >= 0.3 is 0 Å². The Balaban J connectivity index is 1.67. The van der Waals surface area contributed by atoms with Gasteiger partial charge in [0.05, 0.1) is 11.0 Å². The molecule has 5 heteroatoms. The van der Waals surface area contributed by atoms with E-state index in [2.05, 4.69) is 14.9 Å². The predicted octanol–water partition coefficient (Wildman–Crippen LogP) is 3.00. The molecule has 2 unspecified atom stereocenters. The Hall–Kier alpha value is -1.68. The standard InChI is InChI=1S/C16H16ClN3O/c17-11-8-12-2-3-13(9-11)20(12)16(21)10-1-4-14-15(7-10)19-6-5-18-14/h1,4-7,11-13H,2-3,8-9H2. The van der Waals surface area contributed by atoms with E-state index < -0.39 is 0 Å². The van der Waals surface area contributed by atoms with Crippen LogP contribution < -0.4 is 0 Å². The maximum atomic E-state index is 12.8. The topological polar surface area (TPSA) is 46.1 Å². The monoisotopic (exact) mass is 301 g/mol. The smallest absolute Gasteiger partial charge is 0.254 e. The highest BCUT2D eigenvalue weighted by Crippen LogP contribution is 2.38. The van der Waals surface area contributed by atoms with Crippen LogP contribution in [-0.2, 0) is 0 Å². The molecule has 1 amide bonds. The molecule has 21 heavy (non-hydrogen) atoms. The summed E-state index contributed by atoms with van der Waals surface area (Å²) in [6.07, 6.45) is 7.29. The Bertz CT molecular complexity index is 691. The first-order valence-corrected chi connectivity index (χ1v) is 7.83. The Kier molecular flexibility index (Phi) is 3.07. The first-order valence-electron chi connectivity index (χ1n) is 7.40. The number of alkyl halides is 1. The minimum atomic E-state index is 0.110. The molecule has 0 aliphatic carbocycles. The largest absolute Gasteiger partial charge is 0.333 e.